The Morgan fingerprint density at radius 2 is 2.04 bits per heavy atom. The average Bonchev–Trinajstić information content (AvgIpc) is 3.33. The van der Waals surface area contributed by atoms with Gasteiger partial charge in [-0.15, -0.1) is 0 Å². The zero-order valence-corrected chi connectivity index (χ0v) is 16.7. The van der Waals surface area contributed by atoms with Gasteiger partial charge in [-0.05, 0) is 37.8 Å². The minimum Gasteiger partial charge on any atom is -0.383 e. The summed E-state index contributed by atoms with van der Waals surface area (Å²) < 4.78 is 7.10. The van der Waals surface area contributed by atoms with E-state index in [0.29, 0.717) is 17.8 Å². The quantitative estimate of drug-likeness (QED) is 0.684. The SMILES string of the molecule is COCC1CCCN1C(=O)c1cnn2c(C)c(Cc3ccccc3)c(C)nc12. The van der Waals surface area contributed by atoms with Crippen molar-refractivity contribution in [3.05, 3.63) is 64.6 Å². The van der Waals surface area contributed by atoms with E-state index in [4.69, 9.17) is 9.72 Å². The van der Waals surface area contributed by atoms with Gasteiger partial charge in [0, 0.05) is 31.5 Å². The Labute approximate surface area is 165 Å². The molecular weight excluding hydrogens is 352 g/mol. The molecule has 0 N–H and O–H groups in total. The van der Waals surface area contributed by atoms with E-state index in [2.05, 4.69) is 17.2 Å². The standard InChI is InChI=1S/C22H26N4O2/c1-15-19(12-17-8-5-4-6-9-17)16(2)26-21(24-15)20(13-23-26)22(27)25-11-7-10-18(25)14-28-3/h4-6,8-9,13,18H,7,10-12,14H2,1-3H3. The van der Waals surface area contributed by atoms with Crippen molar-refractivity contribution in [2.75, 3.05) is 20.3 Å². The lowest BCUT2D eigenvalue weighted by atomic mass is 10.0. The van der Waals surface area contributed by atoms with Crippen molar-refractivity contribution in [1.82, 2.24) is 19.5 Å². The first kappa shape index (κ1) is 18.6. The number of hydrogen-bond acceptors (Lipinski definition) is 4. The van der Waals surface area contributed by atoms with E-state index in [9.17, 15) is 4.79 Å². The molecule has 0 bridgehead atoms. The van der Waals surface area contributed by atoms with Crippen molar-refractivity contribution in [1.29, 1.82) is 0 Å². The lowest BCUT2D eigenvalue weighted by molar-refractivity contribution is 0.0632. The third kappa shape index (κ3) is 3.29. The molecule has 1 fully saturated rings. The number of carbonyl (C=O) groups is 1. The van der Waals surface area contributed by atoms with Gasteiger partial charge in [0.1, 0.15) is 5.56 Å². The van der Waals surface area contributed by atoms with Crippen LogP contribution in [0.25, 0.3) is 5.65 Å². The lowest BCUT2D eigenvalue weighted by Crippen LogP contribution is -2.38. The van der Waals surface area contributed by atoms with Crippen LogP contribution in [0.2, 0.25) is 0 Å². The first-order valence-corrected chi connectivity index (χ1v) is 9.77. The predicted molar refractivity (Wildman–Crippen MR) is 108 cm³/mol. The highest BCUT2D eigenvalue weighted by molar-refractivity contribution is 6.00. The normalized spacial score (nSPS) is 16.8. The molecule has 0 aliphatic carbocycles. The molecule has 6 nitrogen and oxygen atoms in total. The van der Waals surface area contributed by atoms with E-state index in [-0.39, 0.29) is 11.9 Å². The van der Waals surface area contributed by atoms with Crippen molar-refractivity contribution < 1.29 is 9.53 Å². The topological polar surface area (TPSA) is 59.7 Å². The highest BCUT2D eigenvalue weighted by Crippen LogP contribution is 2.24. The molecule has 3 heterocycles. The number of aryl methyl sites for hydroxylation is 2. The fourth-order valence-corrected chi connectivity index (χ4v) is 4.14. The van der Waals surface area contributed by atoms with Gasteiger partial charge in [-0.1, -0.05) is 30.3 Å². The average molecular weight is 378 g/mol. The molecule has 2 aromatic heterocycles. The summed E-state index contributed by atoms with van der Waals surface area (Å²) >= 11 is 0. The number of hydrogen-bond donors (Lipinski definition) is 0. The molecule has 1 aromatic carbocycles. The molecule has 6 heteroatoms. The zero-order chi connectivity index (χ0) is 19.7. The number of ether oxygens (including phenoxy) is 1. The summed E-state index contributed by atoms with van der Waals surface area (Å²) in [7, 11) is 1.68. The molecule has 1 amide bonds. The number of carbonyl (C=O) groups excluding carboxylic acids is 1. The summed E-state index contributed by atoms with van der Waals surface area (Å²) in [6.45, 7) is 5.38. The Bertz CT molecular complexity index is 997. The van der Waals surface area contributed by atoms with Crippen LogP contribution in [0.5, 0.6) is 0 Å². The summed E-state index contributed by atoms with van der Waals surface area (Å²) in [6.07, 6.45) is 4.44. The summed E-state index contributed by atoms with van der Waals surface area (Å²) in [6, 6.07) is 10.5. The molecule has 1 atom stereocenters. The molecular formula is C22H26N4O2. The second kappa shape index (κ2) is 7.72. The van der Waals surface area contributed by atoms with Crippen molar-refractivity contribution in [3.63, 3.8) is 0 Å². The van der Waals surface area contributed by atoms with Gasteiger partial charge in [-0.3, -0.25) is 4.79 Å². The fourth-order valence-electron chi connectivity index (χ4n) is 4.14. The van der Waals surface area contributed by atoms with E-state index < -0.39 is 0 Å². The summed E-state index contributed by atoms with van der Waals surface area (Å²) in [5.41, 5.74) is 5.57. The van der Waals surface area contributed by atoms with Crippen LogP contribution in [0.15, 0.2) is 36.5 Å². The Hall–Kier alpha value is -2.73. The summed E-state index contributed by atoms with van der Waals surface area (Å²) in [5.74, 6) is -0.00309. The molecule has 3 aromatic rings. The molecule has 0 spiro atoms. The molecule has 4 rings (SSSR count). The van der Waals surface area contributed by atoms with E-state index in [1.165, 1.54) is 5.56 Å². The van der Waals surface area contributed by atoms with E-state index in [0.717, 1.165) is 42.8 Å². The van der Waals surface area contributed by atoms with Gasteiger partial charge in [-0.2, -0.15) is 5.10 Å². The number of benzene rings is 1. The van der Waals surface area contributed by atoms with Crippen LogP contribution in [-0.4, -0.2) is 51.7 Å². The first-order chi connectivity index (χ1) is 13.6. The third-order valence-electron chi connectivity index (χ3n) is 5.66. The summed E-state index contributed by atoms with van der Waals surface area (Å²) in [4.78, 5) is 19.9. The maximum Gasteiger partial charge on any atom is 0.259 e. The van der Waals surface area contributed by atoms with Crippen molar-refractivity contribution in [3.8, 4) is 0 Å². The largest absolute Gasteiger partial charge is 0.383 e. The smallest absolute Gasteiger partial charge is 0.259 e. The molecule has 0 radical (unpaired) electrons. The van der Waals surface area contributed by atoms with Gasteiger partial charge >= 0.3 is 0 Å². The minimum absolute atomic E-state index is 0.00309. The van der Waals surface area contributed by atoms with E-state index in [1.54, 1.807) is 17.8 Å². The Morgan fingerprint density at radius 3 is 2.79 bits per heavy atom. The third-order valence-corrected chi connectivity index (χ3v) is 5.66. The molecule has 1 aliphatic heterocycles. The molecule has 0 saturated carbocycles. The number of amides is 1. The van der Waals surface area contributed by atoms with Crippen LogP contribution in [0.3, 0.4) is 0 Å². The van der Waals surface area contributed by atoms with Crippen LogP contribution in [-0.2, 0) is 11.2 Å². The second-order valence-electron chi connectivity index (χ2n) is 7.47. The molecule has 1 saturated heterocycles. The van der Waals surface area contributed by atoms with Crippen LogP contribution in [0.4, 0.5) is 0 Å². The maximum atomic E-state index is 13.2. The Balaban J connectivity index is 1.70. The Morgan fingerprint density at radius 1 is 1.25 bits per heavy atom. The van der Waals surface area contributed by atoms with E-state index in [1.807, 2.05) is 36.9 Å². The minimum atomic E-state index is -0.00309. The van der Waals surface area contributed by atoms with Gasteiger partial charge < -0.3 is 9.64 Å². The van der Waals surface area contributed by atoms with Gasteiger partial charge in [0.05, 0.1) is 18.8 Å². The highest BCUT2D eigenvalue weighted by Gasteiger charge is 2.31. The first-order valence-electron chi connectivity index (χ1n) is 9.77. The number of likely N-dealkylation sites (tertiary alicyclic amines) is 1. The van der Waals surface area contributed by atoms with Crippen molar-refractivity contribution in [2.24, 2.45) is 0 Å². The van der Waals surface area contributed by atoms with Crippen LogP contribution >= 0.6 is 0 Å². The van der Waals surface area contributed by atoms with Gasteiger partial charge in [-0.25, -0.2) is 9.50 Å². The number of methoxy groups -OCH3 is 1. The molecule has 146 valence electrons. The summed E-state index contributed by atoms with van der Waals surface area (Å²) in [5, 5.41) is 4.50. The van der Waals surface area contributed by atoms with Crippen LogP contribution < -0.4 is 0 Å². The second-order valence-corrected chi connectivity index (χ2v) is 7.47. The van der Waals surface area contributed by atoms with E-state index >= 15 is 0 Å². The van der Waals surface area contributed by atoms with Gasteiger partial charge in [0.15, 0.2) is 5.65 Å². The number of fused-ring (bicyclic) bond motifs is 1. The number of rotatable bonds is 5. The van der Waals surface area contributed by atoms with Crippen molar-refractivity contribution in [2.45, 2.75) is 39.2 Å². The zero-order valence-electron chi connectivity index (χ0n) is 16.7. The lowest BCUT2D eigenvalue weighted by Gasteiger charge is -2.23. The van der Waals surface area contributed by atoms with Gasteiger partial charge in [0.2, 0.25) is 0 Å². The van der Waals surface area contributed by atoms with Crippen LogP contribution in [0, 0.1) is 13.8 Å². The Kier molecular flexibility index (Phi) is 5.13. The predicted octanol–water partition coefficient (Wildman–Crippen LogP) is 3.19. The molecule has 1 unspecified atom stereocenters. The van der Waals surface area contributed by atoms with Crippen LogP contribution in [0.1, 0.15) is 45.7 Å². The fraction of sp³-hybridized carbons (Fsp3) is 0.409. The number of aromatic nitrogens is 3. The molecule has 1 aliphatic rings. The number of nitrogens with zero attached hydrogens (tertiary/aromatic N) is 4. The highest BCUT2D eigenvalue weighted by atomic mass is 16.5. The molecule has 28 heavy (non-hydrogen) atoms. The van der Waals surface area contributed by atoms with Gasteiger partial charge in [0.25, 0.3) is 5.91 Å². The monoisotopic (exact) mass is 378 g/mol. The maximum absolute atomic E-state index is 13.2. The van der Waals surface area contributed by atoms with Crippen molar-refractivity contribution >= 4 is 11.6 Å².